The zero-order chi connectivity index (χ0) is 15.9. The van der Waals surface area contributed by atoms with Crippen LogP contribution in [0, 0.1) is 5.92 Å². The molecule has 1 atom stereocenters. The summed E-state index contributed by atoms with van der Waals surface area (Å²) in [4.78, 5) is 14.5. The number of ether oxygens (including phenoxy) is 1. The molecule has 1 aliphatic rings. The number of piperidine rings is 1. The van der Waals surface area contributed by atoms with E-state index in [2.05, 4.69) is 13.0 Å². The van der Waals surface area contributed by atoms with Crippen LogP contribution < -0.4 is 4.74 Å². The number of hydrogen-bond acceptors (Lipinski definition) is 3. The maximum atomic E-state index is 12.5. The number of para-hydroxylation sites is 1. The van der Waals surface area contributed by atoms with Gasteiger partial charge in [-0.2, -0.15) is 0 Å². The molecular weight excluding hydrogens is 294 g/mol. The van der Waals surface area contributed by atoms with Crippen molar-refractivity contribution >= 4 is 17.7 Å². The first-order chi connectivity index (χ1) is 10.6. The van der Waals surface area contributed by atoms with Crippen molar-refractivity contribution < 1.29 is 9.53 Å². The van der Waals surface area contributed by atoms with Crippen molar-refractivity contribution in [1.29, 1.82) is 0 Å². The van der Waals surface area contributed by atoms with Gasteiger partial charge in [0.2, 0.25) is 5.91 Å². The van der Waals surface area contributed by atoms with Gasteiger partial charge in [0.05, 0.1) is 11.9 Å². The van der Waals surface area contributed by atoms with Crippen LogP contribution in [0.15, 0.2) is 24.3 Å². The van der Waals surface area contributed by atoms with Gasteiger partial charge in [-0.25, -0.2) is 0 Å². The van der Waals surface area contributed by atoms with Crippen molar-refractivity contribution in [1.82, 2.24) is 4.90 Å². The Morgan fingerprint density at radius 3 is 2.73 bits per heavy atom. The first-order valence-corrected chi connectivity index (χ1v) is 9.27. The third-order valence-electron chi connectivity index (χ3n) is 4.20. The lowest BCUT2D eigenvalue weighted by Crippen LogP contribution is -2.41. The van der Waals surface area contributed by atoms with Crippen LogP contribution in [0.25, 0.3) is 0 Å². The molecular formula is C18H27NO2S. The number of nitrogens with zero attached hydrogens (tertiary/aromatic N) is 1. The molecule has 0 spiro atoms. The molecule has 1 amide bonds. The molecule has 0 N–H and O–H groups in total. The second-order valence-corrected chi connectivity index (χ2v) is 7.33. The fourth-order valence-corrected chi connectivity index (χ4v) is 3.65. The minimum atomic E-state index is 0.00286. The number of carbonyl (C=O) groups excluding carboxylic acids is 1. The van der Waals surface area contributed by atoms with E-state index >= 15 is 0 Å². The Kier molecular flexibility index (Phi) is 6.62. The lowest BCUT2D eigenvalue weighted by molar-refractivity contribution is -0.131. The predicted molar refractivity (Wildman–Crippen MR) is 93.3 cm³/mol. The Balaban J connectivity index is 1.87. The molecule has 4 heteroatoms. The smallest absolute Gasteiger partial charge is 0.235 e. The van der Waals surface area contributed by atoms with Gasteiger partial charge in [0.15, 0.2) is 0 Å². The highest BCUT2D eigenvalue weighted by molar-refractivity contribution is 7.99. The van der Waals surface area contributed by atoms with Gasteiger partial charge in [0.25, 0.3) is 0 Å². The summed E-state index contributed by atoms with van der Waals surface area (Å²) in [5.74, 6) is 2.78. The van der Waals surface area contributed by atoms with Crippen LogP contribution in [-0.4, -0.2) is 35.8 Å². The molecule has 3 nitrogen and oxygen atoms in total. The third-order valence-corrected chi connectivity index (χ3v) is 5.38. The van der Waals surface area contributed by atoms with Crippen molar-refractivity contribution in [2.24, 2.45) is 5.92 Å². The number of rotatable bonds is 6. The van der Waals surface area contributed by atoms with E-state index < -0.39 is 0 Å². The summed E-state index contributed by atoms with van der Waals surface area (Å²) in [5.41, 5.74) is 1.17. The molecule has 122 valence electrons. The lowest BCUT2D eigenvalue weighted by atomic mass is 9.99. The van der Waals surface area contributed by atoms with Crippen molar-refractivity contribution in [2.45, 2.75) is 44.6 Å². The van der Waals surface area contributed by atoms with Crippen LogP contribution in [0.1, 0.15) is 39.2 Å². The quantitative estimate of drug-likeness (QED) is 0.794. The van der Waals surface area contributed by atoms with Crippen molar-refractivity contribution in [2.75, 3.05) is 19.7 Å². The Morgan fingerprint density at radius 2 is 2.05 bits per heavy atom. The van der Waals surface area contributed by atoms with Gasteiger partial charge < -0.3 is 9.64 Å². The number of carbonyl (C=O) groups is 1. The summed E-state index contributed by atoms with van der Waals surface area (Å²) >= 11 is 1.70. The molecule has 2 rings (SSSR count). The SMILES string of the molecule is CCOc1ccccc1CSC(C)C(=O)N1CCC(C)CC1. The van der Waals surface area contributed by atoms with Crippen molar-refractivity contribution in [3.8, 4) is 5.75 Å². The van der Waals surface area contributed by atoms with Gasteiger partial charge in [-0.05, 0) is 38.7 Å². The third kappa shape index (κ3) is 4.67. The first-order valence-electron chi connectivity index (χ1n) is 8.23. The number of thioether (sulfide) groups is 1. The average Bonchev–Trinajstić information content (AvgIpc) is 2.54. The lowest BCUT2D eigenvalue weighted by Gasteiger charge is -2.32. The number of benzene rings is 1. The fourth-order valence-electron chi connectivity index (χ4n) is 2.69. The van der Waals surface area contributed by atoms with E-state index in [0.29, 0.717) is 6.61 Å². The zero-order valence-corrected chi connectivity index (χ0v) is 14.7. The van der Waals surface area contributed by atoms with Crippen molar-refractivity contribution in [3.63, 3.8) is 0 Å². The molecule has 0 bridgehead atoms. The van der Waals surface area contributed by atoms with Crippen LogP contribution in [0.2, 0.25) is 0 Å². The summed E-state index contributed by atoms with van der Waals surface area (Å²) in [6.45, 7) is 8.79. The van der Waals surface area contributed by atoms with E-state index in [1.165, 1.54) is 5.56 Å². The highest BCUT2D eigenvalue weighted by Gasteiger charge is 2.24. The second-order valence-electron chi connectivity index (χ2n) is 6.00. The highest BCUT2D eigenvalue weighted by Crippen LogP contribution is 2.27. The van der Waals surface area contributed by atoms with Crippen LogP contribution in [0.3, 0.4) is 0 Å². The van der Waals surface area contributed by atoms with Crippen LogP contribution >= 0.6 is 11.8 Å². The van der Waals surface area contributed by atoms with E-state index in [-0.39, 0.29) is 11.2 Å². The summed E-state index contributed by atoms with van der Waals surface area (Å²) in [7, 11) is 0. The Morgan fingerprint density at radius 1 is 1.36 bits per heavy atom. The topological polar surface area (TPSA) is 29.5 Å². The van der Waals surface area contributed by atoms with Gasteiger partial charge in [0.1, 0.15) is 5.75 Å². The zero-order valence-electron chi connectivity index (χ0n) is 13.9. The summed E-state index contributed by atoms with van der Waals surface area (Å²) in [6, 6.07) is 8.09. The van der Waals surface area contributed by atoms with Crippen molar-refractivity contribution in [3.05, 3.63) is 29.8 Å². The molecule has 1 aromatic carbocycles. The number of hydrogen-bond donors (Lipinski definition) is 0. The monoisotopic (exact) mass is 321 g/mol. The molecule has 1 fully saturated rings. The van der Waals surface area contributed by atoms with Crippen LogP contribution in [-0.2, 0) is 10.5 Å². The highest BCUT2D eigenvalue weighted by atomic mass is 32.2. The van der Waals surface area contributed by atoms with E-state index in [4.69, 9.17) is 4.74 Å². The van der Waals surface area contributed by atoms with E-state index in [9.17, 15) is 4.79 Å². The Hall–Kier alpha value is -1.16. The van der Waals surface area contributed by atoms with Gasteiger partial charge in [-0.3, -0.25) is 4.79 Å². The molecule has 1 aliphatic heterocycles. The summed E-state index contributed by atoms with van der Waals surface area (Å²) in [6.07, 6.45) is 2.27. The molecule has 22 heavy (non-hydrogen) atoms. The van der Waals surface area contributed by atoms with Crippen LogP contribution in [0.5, 0.6) is 5.75 Å². The molecule has 0 radical (unpaired) electrons. The average molecular weight is 321 g/mol. The minimum Gasteiger partial charge on any atom is -0.494 e. The number of likely N-dealkylation sites (tertiary alicyclic amines) is 1. The molecule has 0 saturated carbocycles. The largest absolute Gasteiger partial charge is 0.494 e. The summed E-state index contributed by atoms with van der Waals surface area (Å²) in [5, 5.41) is 0.00286. The van der Waals surface area contributed by atoms with Gasteiger partial charge in [0, 0.05) is 24.4 Å². The van der Waals surface area contributed by atoms with Crippen LogP contribution in [0.4, 0.5) is 0 Å². The van der Waals surface area contributed by atoms with Gasteiger partial charge in [-0.15, -0.1) is 11.8 Å². The molecule has 1 heterocycles. The molecule has 1 aromatic rings. The van der Waals surface area contributed by atoms with Gasteiger partial charge >= 0.3 is 0 Å². The maximum absolute atomic E-state index is 12.5. The molecule has 1 unspecified atom stereocenters. The Bertz CT molecular complexity index is 484. The summed E-state index contributed by atoms with van der Waals surface area (Å²) < 4.78 is 5.65. The van der Waals surface area contributed by atoms with E-state index in [1.807, 2.05) is 36.9 Å². The van der Waals surface area contributed by atoms with E-state index in [0.717, 1.165) is 43.4 Å². The molecule has 0 aliphatic carbocycles. The minimum absolute atomic E-state index is 0.00286. The Labute approximate surface area is 138 Å². The second kappa shape index (κ2) is 8.47. The maximum Gasteiger partial charge on any atom is 0.235 e. The fraction of sp³-hybridized carbons (Fsp3) is 0.611. The predicted octanol–water partition coefficient (Wildman–Crippen LogP) is 3.97. The van der Waals surface area contributed by atoms with Gasteiger partial charge in [-0.1, -0.05) is 25.1 Å². The van der Waals surface area contributed by atoms with E-state index in [1.54, 1.807) is 11.8 Å². The first kappa shape index (κ1) is 17.2. The molecule has 1 saturated heterocycles. The molecule has 0 aromatic heterocycles. The number of amides is 1. The standard InChI is InChI=1S/C18H27NO2S/c1-4-21-17-8-6-5-7-16(17)13-22-15(3)18(20)19-11-9-14(2)10-12-19/h5-8,14-15H,4,9-13H2,1-3H3. The normalized spacial score (nSPS) is 17.3.